The van der Waals surface area contributed by atoms with Crippen molar-refractivity contribution in [3.8, 4) is 0 Å². The molecular weight excluding hydrogens is 361 g/mol. The number of thioether (sulfide) groups is 1. The molecule has 1 aromatic heterocycles. The number of carbonyl (C=O) groups is 1. The van der Waals surface area contributed by atoms with Gasteiger partial charge in [-0.1, -0.05) is 53.2 Å². The second-order valence-electron chi connectivity index (χ2n) is 5.06. The standard InChI is InChI=1S/C16H14ClF3N2OS/c1-10-2-4-11(5-3-10)7-21-14(23)9-24-15-13(17)6-12(8-22-15)16(18,19)20/h2-6,8H,7,9H2,1H3,(H,21,23). The summed E-state index contributed by atoms with van der Waals surface area (Å²) < 4.78 is 37.6. The number of pyridine rings is 1. The molecular formula is C16H14ClF3N2OS. The molecule has 2 rings (SSSR count). The van der Waals surface area contributed by atoms with Crippen molar-refractivity contribution in [2.24, 2.45) is 0 Å². The first-order valence-corrected chi connectivity index (χ1v) is 8.30. The van der Waals surface area contributed by atoms with E-state index < -0.39 is 11.7 Å². The van der Waals surface area contributed by atoms with E-state index in [-0.39, 0.29) is 21.7 Å². The van der Waals surface area contributed by atoms with Gasteiger partial charge in [-0.25, -0.2) is 4.98 Å². The molecule has 24 heavy (non-hydrogen) atoms. The summed E-state index contributed by atoms with van der Waals surface area (Å²) in [4.78, 5) is 15.5. The predicted molar refractivity (Wildman–Crippen MR) is 88.0 cm³/mol. The van der Waals surface area contributed by atoms with E-state index in [1.807, 2.05) is 31.2 Å². The van der Waals surface area contributed by atoms with E-state index in [2.05, 4.69) is 10.3 Å². The molecule has 0 saturated heterocycles. The summed E-state index contributed by atoms with van der Waals surface area (Å²) in [6, 6.07) is 8.53. The lowest BCUT2D eigenvalue weighted by Gasteiger charge is -2.09. The van der Waals surface area contributed by atoms with Crippen molar-refractivity contribution in [2.45, 2.75) is 24.7 Å². The number of nitrogens with zero attached hydrogens (tertiary/aromatic N) is 1. The average molecular weight is 375 g/mol. The van der Waals surface area contributed by atoms with Gasteiger partial charge in [-0.3, -0.25) is 4.79 Å². The van der Waals surface area contributed by atoms with Crippen LogP contribution in [0.3, 0.4) is 0 Å². The lowest BCUT2D eigenvalue weighted by molar-refractivity contribution is -0.137. The smallest absolute Gasteiger partial charge is 0.351 e. The van der Waals surface area contributed by atoms with E-state index in [9.17, 15) is 18.0 Å². The molecule has 0 unspecified atom stereocenters. The van der Waals surface area contributed by atoms with Crippen LogP contribution in [0, 0.1) is 6.92 Å². The van der Waals surface area contributed by atoms with E-state index >= 15 is 0 Å². The second kappa shape index (κ2) is 7.90. The van der Waals surface area contributed by atoms with Crippen molar-refractivity contribution >= 4 is 29.3 Å². The fraction of sp³-hybridized carbons (Fsp3) is 0.250. The van der Waals surface area contributed by atoms with E-state index in [0.717, 1.165) is 29.0 Å². The largest absolute Gasteiger partial charge is 0.417 e. The first-order chi connectivity index (χ1) is 11.3. The number of aromatic nitrogens is 1. The Morgan fingerprint density at radius 3 is 2.54 bits per heavy atom. The van der Waals surface area contributed by atoms with Crippen LogP contribution in [0.15, 0.2) is 41.6 Å². The zero-order chi connectivity index (χ0) is 17.7. The molecule has 3 nitrogen and oxygen atoms in total. The number of amides is 1. The van der Waals surface area contributed by atoms with Gasteiger partial charge in [0.25, 0.3) is 0 Å². The monoisotopic (exact) mass is 374 g/mol. The molecule has 1 aromatic carbocycles. The first-order valence-electron chi connectivity index (χ1n) is 6.93. The Morgan fingerprint density at radius 1 is 1.29 bits per heavy atom. The second-order valence-corrected chi connectivity index (χ2v) is 6.43. The molecule has 0 bridgehead atoms. The van der Waals surface area contributed by atoms with Crippen molar-refractivity contribution < 1.29 is 18.0 Å². The predicted octanol–water partition coefficient (Wildman–Crippen LogP) is 4.47. The molecule has 0 aliphatic rings. The van der Waals surface area contributed by atoms with Gasteiger partial charge in [0.2, 0.25) is 5.91 Å². The summed E-state index contributed by atoms with van der Waals surface area (Å²) in [7, 11) is 0. The van der Waals surface area contributed by atoms with Gasteiger partial charge >= 0.3 is 6.18 Å². The Morgan fingerprint density at radius 2 is 1.96 bits per heavy atom. The molecule has 0 atom stereocenters. The highest BCUT2D eigenvalue weighted by atomic mass is 35.5. The van der Waals surface area contributed by atoms with Crippen LogP contribution in [-0.2, 0) is 17.5 Å². The summed E-state index contributed by atoms with van der Waals surface area (Å²) in [5, 5.41) is 2.80. The topological polar surface area (TPSA) is 42.0 Å². The zero-order valence-electron chi connectivity index (χ0n) is 12.7. The molecule has 1 N–H and O–H groups in total. The third kappa shape index (κ3) is 5.42. The minimum absolute atomic E-state index is 0.0178. The molecule has 1 amide bonds. The van der Waals surface area contributed by atoms with E-state index in [4.69, 9.17) is 11.6 Å². The number of rotatable bonds is 5. The summed E-state index contributed by atoms with van der Waals surface area (Å²) in [5.74, 6) is -0.234. The summed E-state index contributed by atoms with van der Waals surface area (Å²) in [5.41, 5.74) is 1.17. The third-order valence-corrected chi connectivity index (χ3v) is 4.49. The summed E-state index contributed by atoms with van der Waals surface area (Å²) >= 11 is 6.78. The van der Waals surface area contributed by atoms with Gasteiger partial charge in [0.05, 0.1) is 16.3 Å². The Bertz CT molecular complexity index is 720. The molecule has 128 valence electrons. The van der Waals surface area contributed by atoms with Crippen molar-refractivity contribution in [2.75, 3.05) is 5.75 Å². The Labute approximate surface area is 146 Å². The highest BCUT2D eigenvalue weighted by molar-refractivity contribution is 8.00. The lowest BCUT2D eigenvalue weighted by Crippen LogP contribution is -2.24. The van der Waals surface area contributed by atoms with Gasteiger partial charge < -0.3 is 5.32 Å². The molecule has 0 aliphatic carbocycles. The van der Waals surface area contributed by atoms with Gasteiger partial charge in [0.15, 0.2) is 0 Å². The van der Waals surface area contributed by atoms with Crippen molar-refractivity contribution in [3.63, 3.8) is 0 Å². The number of alkyl halides is 3. The number of halogens is 4. The number of aryl methyl sites for hydroxylation is 1. The maximum Gasteiger partial charge on any atom is 0.417 e. The van der Waals surface area contributed by atoms with Gasteiger partial charge in [-0.05, 0) is 18.6 Å². The number of benzene rings is 1. The number of carbonyl (C=O) groups excluding carboxylic acids is 1. The number of hydrogen-bond acceptors (Lipinski definition) is 3. The highest BCUT2D eigenvalue weighted by Gasteiger charge is 2.31. The Kier molecular flexibility index (Phi) is 6.12. The lowest BCUT2D eigenvalue weighted by atomic mass is 10.1. The maximum atomic E-state index is 12.5. The van der Waals surface area contributed by atoms with Gasteiger partial charge in [0, 0.05) is 12.7 Å². The van der Waals surface area contributed by atoms with Gasteiger partial charge in [0.1, 0.15) is 5.03 Å². The minimum atomic E-state index is -4.49. The van der Waals surface area contributed by atoms with E-state index in [0.29, 0.717) is 12.7 Å². The van der Waals surface area contributed by atoms with E-state index in [1.54, 1.807) is 0 Å². The van der Waals surface area contributed by atoms with Crippen LogP contribution in [0.2, 0.25) is 5.02 Å². The molecule has 0 saturated carbocycles. The zero-order valence-corrected chi connectivity index (χ0v) is 14.2. The van der Waals surface area contributed by atoms with Crippen LogP contribution in [-0.4, -0.2) is 16.6 Å². The van der Waals surface area contributed by atoms with Crippen LogP contribution < -0.4 is 5.32 Å². The Balaban J connectivity index is 1.86. The third-order valence-electron chi connectivity index (χ3n) is 3.09. The molecule has 0 fully saturated rings. The molecule has 2 aromatic rings. The molecule has 0 aliphatic heterocycles. The normalized spacial score (nSPS) is 11.4. The molecule has 0 radical (unpaired) electrons. The summed E-state index contributed by atoms with van der Waals surface area (Å²) in [6.07, 6.45) is -3.79. The van der Waals surface area contributed by atoms with E-state index in [1.165, 1.54) is 0 Å². The Hall–Kier alpha value is -1.73. The molecule has 1 heterocycles. The van der Waals surface area contributed by atoms with Gasteiger partial charge in [-0.15, -0.1) is 0 Å². The fourth-order valence-corrected chi connectivity index (χ4v) is 2.80. The number of hydrogen-bond donors (Lipinski definition) is 1. The van der Waals surface area contributed by atoms with Crippen molar-refractivity contribution in [1.82, 2.24) is 10.3 Å². The molecule has 8 heteroatoms. The number of nitrogens with one attached hydrogen (secondary N) is 1. The highest BCUT2D eigenvalue weighted by Crippen LogP contribution is 2.33. The van der Waals surface area contributed by atoms with Crippen LogP contribution in [0.5, 0.6) is 0 Å². The summed E-state index contributed by atoms with van der Waals surface area (Å²) in [6.45, 7) is 2.35. The fourth-order valence-electron chi connectivity index (χ4n) is 1.78. The first kappa shape index (κ1) is 18.6. The van der Waals surface area contributed by atoms with Crippen LogP contribution >= 0.6 is 23.4 Å². The van der Waals surface area contributed by atoms with Crippen LogP contribution in [0.1, 0.15) is 16.7 Å². The van der Waals surface area contributed by atoms with Crippen molar-refractivity contribution in [1.29, 1.82) is 0 Å². The SMILES string of the molecule is Cc1ccc(CNC(=O)CSc2ncc(C(F)(F)F)cc2Cl)cc1. The average Bonchev–Trinajstić information content (AvgIpc) is 2.52. The maximum absolute atomic E-state index is 12.5. The van der Waals surface area contributed by atoms with Crippen LogP contribution in [0.25, 0.3) is 0 Å². The molecule has 0 spiro atoms. The quantitative estimate of drug-likeness (QED) is 0.785. The van der Waals surface area contributed by atoms with Crippen LogP contribution in [0.4, 0.5) is 13.2 Å². The van der Waals surface area contributed by atoms with Gasteiger partial charge in [-0.2, -0.15) is 13.2 Å². The van der Waals surface area contributed by atoms with Crippen molar-refractivity contribution in [3.05, 3.63) is 58.2 Å². The minimum Gasteiger partial charge on any atom is -0.351 e.